The first-order valence-electron chi connectivity index (χ1n) is 4.79. The second-order valence-electron chi connectivity index (χ2n) is 4.05. The second kappa shape index (κ2) is 2.33. The van der Waals surface area contributed by atoms with Crippen molar-refractivity contribution in [2.75, 3.05) is 0 Å². The molecule has 2 aromatic rings. The number of rotatable bonds is 1. The number of hydrogen-bond acceptors (Lipinski definition) is 3. The molecule has 0 aliphatic heterocycles. The quantitative estimate of drug-likeness (QED) is 0.726. The molecule has 1 aliphatic carbocycles. The molecule has 1 fully saturated rings. The highest BCUT2D eigenvalue weighted by Gasteiger charge is 2.43. The molecule has 2 heterocycles. The van der Waals surface area contributed by atoms with Gasteiger partial charge >= 0.3 is 0 Å². The van der Waals surface area contributed by atoms with Gasteiger partial charge in [0.1, 0.15) is 5.69 Å². The van der Waals surface area contributed by atoms with Gasteiger partial charge in [0.05, 0.1) is 11.2 Å². The first-order chi connectivity index (χ1) is 6.69. The molecule has 0 spiro atoms. The van der Waals surface area contributed by atoms with E-state index in [4.69, 9.17) is 5.73 Å². The van der Waals surface area contributed by atoms with Gasteiger partial charge in [-0.3, -0.25) is 4.98 Å². The minimum Gasteiger partial charge on any atom is -0.320 e. The summed E-state index contributed by atoms with van der Waals surface area (Å²) in [6.07, 6.45) is 7.73. The number of aromatic nitrogens is 3. The summed E-state index contributed by atoms with van der Waals surface area (Å²) < 4.78 is 1.99. The van der Waals surface area contributed by atoms with Crippen LogP contribution in [0.25, 0.3) is 5.65 Å². The number of nitrogens with two attached hydrogens (primary N) is 1. The summed E-state index contributed by atoms with van der Waals surface area (Å²) >= 11 is 0. The number of aryl methyl sites for hydroxylation is 1. The molecule has 0 atom stereocenters. The molecule has 1 saturated carbocycles. The van der Waals surface area contributed by atoms with E-state index in [2.05, 4.69) is 9.97 Å². The fourth-order valence-corrected chi connectivity index (χ4v) is 1.77. The van der Waals surface area contributed by atoms with E-state index >= 15 is 0 Å². The highest BCUT2D eigenvalue weighted by molar-refractivity contribution is 5.50. The Morgan fingerprint density at radius 3 is 3.00 bits per heavy atom. The fraction of sp³-hybridized carbons (Fsp3) is 0.400. The maximum atomic E-state index is 6.13. The summed E-state index contributed by atoms with van der Waals surface area (Å²) in [5.41, 5.74) is 8.77. The normalized spacial score (nSPS) is 18.7. The summed E-state index contributed by atoms with van der Waals surface area (Å²) in [6, 6.07) is 0. The van der Waals surface area contributed by atoms with E-state index in [1.165, 1.54) is 0 Å². The van der Waals surface area contributed by atoms with Crippen molar-refractivity contribution in [3.05, 3.63) is 30.0 Å². The average Bonchev–Trinajstić information content (AvgIpc) is 2.78. The second-order valence-corrected chi connectivity index (χ2v) is 4.05. The Morgan fingerprint density at radius 1 is 1.50 bits per heavy atom. The molecule has 0 saturated heterocycles. The molecular weight excluding hydrogens is 176 g/mol. The predicted molar refractivity (Wildman–Crippen MR) is 52.8 cm³/mol. The van der Waals surface area contributed by atoms with E-state index < -0.39 is 0 Å². The van der Waals surface area contributed by atoms with Gasteiger partial charge in [-0.1, -0.05) is 0 Å². The molecular formula is C10H12N4. The topological polar surface area (TPSA) is 56.2 Å². The summed E-state index contributed by atoms with van der Waals surface area (Å²) in [5, 5.41) is 0. The molecule has 14 heavy (non-hydrogen) atoms. The van der Waals surface area contributed by atoms with Crippen molar-refractivity contribution in [2.24, 2.45) is 5.73 Å². The monoisotopic (exact) mass is 188 g/mol. The lowest BCUT2D eigenvalue weighted by Gasteiger charge is -2.07. The lowest BCUT2D eigenvalue weighted by Crippen LogP contribution is -2.21. The number of nitrogens with zero attached hydrogens (tertiary/aromatic N) is 3. The standard InChI is InChI=1S/C10H12N4/c1-7-6-14-5-4-12-8(9(14)13-7)10(11)2-3-10/h4-6H,2-3,11H2,1H3. The van der Waals surface area contributed by atoms with Gasteiger partial charge in [0.25, 0.3) is 0 Å². The third-order valence-electron chi connectivity index (χ3n) is 2.76. The molecule has 0 amide bonds. The highest BCUT2D eigenvalue weighted by Crippen LogP contribution is 2.42. The molecule has 0 radical (unpaired) electrons. The number of hydrogen-bond donors (Lipinski definition) is 1. The van der Waals surface area contributed by atoms with Gasteiger partial charge < -0.3 is 10.1 Å². The molecule has 4 heteroatoms. The van der Waals surface area contributed by atoms with Gasteiger partial charge in [-0.05, 0) is 19.8 Å². The van der Waals surface area contributed by atoms with Crippen LogP contribution in [0.3, 0.4) is 0 Å². The first-order valence-corrected chi connectivity index (χ1v) is 4.79. The van der Waals surface area contributed by atoms with Gasteiger partial charge in [-0.2, -0.15) is 0 Å². The molecule has 0 bridgehead atoms. The van der Waals surface area contributed by atoms with Crippen LogP contribution in [0.5, 0.6) is 0 Å². The molecule has 0 aromatic carbocycles. The maximum absolute atomic E-state index is 6.13. The molecule has 72 valence electrons. The maximum Gasteiger partial charge on any atom is 0.160 e. The molecule has 0 unspecified atom stereocenters. The van der Waals surface area contributed by atoms with Crippen LogP contribution >= 0.6 is 0 Å². The lowest BCUT2D eigenvalue weighted by atomic mass is 10.2. The summed E-state index contributed by atoms with van der Waals surface area (Å²) in [7, 11) is 0. The molecule has 4 nitrogen and oxygen atoms in total. The summed E-state index contributed by atoms with van der Waals surface area (Å²) in [6.45, 7) is 1.98. The van der Waals surface area contributed by atoms with Gasteiger partial charge in [0, 0.05) is 18.6 Å². The van der Waals surface area contributed by atoms with E-state index in [1.54, 1.807) is 6.20 Å². The Hall–Kier alpha value is -1.42. The van der Waals surface area contributed by atoms with Crippen LogP contribution in [0.2, 0.25) is 0 Å². The fourth-order valence-electron chi connectivity index (χ4n) is 1.77. The van der Waals surface area contributed by atoms with E-state index in [1.807, 2.05) is 23.7 Å². The van der Waals surface area contributed by atoms with Crippen LogP contribution in [0.1, 0.15) is 24.2 Å². The van der Waals surface area contributed by atoms with Crippen molar-refractivity contribution < 1.29 is 0 Å². The number of imidazole rings is 1. The predicted octanol–water partition coefficient (Wildman–Crippen LogP) is 0.986. The summed E-state index contributed by atoms with van der Waals surface area (Å²) in [5.74, 6) is 0. The Balaban J connectivity index is 2.32. The average molecular weight is 188 g/mol. The molecule has 2 N–H and O–H groups in total. The third kappa shape index (κ3) is 0.974. The van der Waals surface area contributed by atoms with Crippen molar-refractivity contribution in [3.8, 4) is 0 Å². The van der Waals surface area contributed by atoms with Crippen LogP contribution in [0.4, 0.5) is 0 Å². The van der Waals surface area contributed by atoms with E-state index in [-0.39, 0.29) is 5.54 Å². The van der Waals surface area contributed by atoms with Gasteiger partial charge in [-0.25, -0.2) is 4.98 Å². The Bertz CT molecular complexity index is 496. The molecule has 3 rings (SSSR count). The lowest BCUT2D eigenvalue weighted by molar-refractivity contribution is 0.707. The largest absolute Gasteiger partial charge is 0.320 e. The van der Waals surface area contributed by atoms with Crippen LogP contribution in [-0.2, 0) is 5.54 Å². The van der Waals surface area contributed by atoms with Crippen molar-refractivity contribution in [2.45, 2.75) is 25.3 Å². The molecule has 1 aliphatic rings. The third-order valence-corrected chi connectivity index (χ3v) is 2.76. The zero-order valence-electron chi connectivity index (χ0n) is 8.07. The van der Waals surface area contributed by atoms with E-state index in [0.717, 1.165) is 29.9 Å². The Kier molecular flexibility index (Phi) is 1.32. The smallest absolute Gasteiger partial charge is 0.160 e. The first kappa shape index (κ1) is 7.94. The summed E-state index contributed by atoms with van der Waals surface area (Å²) in [4.78, 5) is 8.79. The van der Waals surface area contributed by atoms with Crippen LogP contribution in [0, 0.1) is 6.92 Å². The van der Waals surface area contributed by atoms with Crippen molar-refractivity contribution in [1.82, 2.24) is 14.4 Å². The van der Waals surface area contributed by atoms with Crippen molar-refractivity contribution in [1.29, 1.82) is 0 Å². The minimum absolute atomic E-state index is 0.208. The van der Waals surface area contributed by atoms with Crippen LogP contribution in [-0.4, -0.2) is 14.4 Å². The van der Waals surface area contributed by atoms with E-state index in [9.17, 15) is 0 Å². The SMILES string of the molecule is Cc1cn2ccnc(C3(N)CC3)c2n1. The highest BCUT2D eigenvalue weighted by atomic mass is 15.0. The Morgan fingerprint density at radius 2 is 2.29 bits per heavy atom. The van der Waals surface area contributed by atoms with Crippen molar-refractivity contribution >= 4 is 5.65 Å². The zero-order chi connectivity index (χ0) is 9.76. The van der Waals surface area contributed by atoms with Crippen LogP contribution in [0.15, 0.2) is 18.6 Å². The van der Waals surface area contributed by atoms with E-state index in [0.29, 0.717) is 0 Å². The zero-order valence-corrected chi connectivity index (χ0v) is 8.07. The van der Waals surface area contributed by atoms with Gasteiger partial charge in [0.15, 0.2) is 5.65 Å². The number of fused-ring (bicyclic) bond motifs is 1. The Labute approximate surface area is 81.8 Å². The van der Waals surface area contributed by atoms with Crippen molar-refractivity contribution in [3.63, 3.8) is 0 Å². The van der Waals surface area contributed by atoms with Crippen LogP contribution < -0.4 is 5.73 Å². The molecule has 2 aromatic heterocycles. The van der Waals surface area contributed by atoms with Gasteiger partial charge in [0.2, 0.25) is 0 Å². The minimum atomic E-state index is -0.208. The van der Waals surface area contributed by atoms with Gasteiger partial charge in [-0.15, -0.1) is 0 Å².